The Kier molecular flexibility index (Phi) is 6.63. The largest absolute Gasteiger partial charge is 0.493 e. The van der Waals surface area contributed by atoms with E-state index in [1.807, 2.05) is 33.0 Å². The zero-order valence-electron chi connectivity index (χ0n) is 22.5. The first kappa shape index (κ1) is 25.2. The Labute approximate surface area is 218 Å². The van der Waals surface area contributed by atoms with Crippen molar-refractivity contribution >= 4 is 27.8 Å². The van der Waals surface area contributed by atoms with E-state index in [0.29, 0.717) is 6.61 Å². The Hall–Kier alpha value is -3.51. The third kappa shape index (κ3) is 4.90. The Balaban J connectivity index is 1.86. The van der Waals surface area contributed by atoms with E-state index < -0.39 is 11.7 Å². The van der Waals surface area contributed by atoms with Gasteiger partial charge in [0.25, 0.3) is 0 Å². The van der Waals surface area contributed by atoms with Crippen LogP contribution in [0.1, 0.15) is 63.1 Å². The molecular formula is C31H34N2O4. The normalized spacial score (nSPS) is 14.0. The molecule has 1 unspecified atom stereocenters. The standard InChI is InChI=1S/C31H34N2O4/c1-7-21-8-9-22-24(33-21)16-18(2)27(26(17-36-19(3)34)37-31(4,5)6)29(22)23-10-11-25-28-20(13-15-35-25)12-14-32-30(23)28/h8-12,14,16,26H,7,13,15,17H2,1-6H3. The van der Waals surface area contributed by atoms with Crippen LogP contribution in [0.4, 0.5) is 0 Å². The van der Waals surface area contributed by atoms with Gasteiger partial charge in [0.15, 0.2) is 0 Å². The molecule has 0 saturated heterocycles. The molecule has 4 aromatic rings. The second-order valence-electron chi connectivity index (χ2n) is 10.6. The minimum Gasteiger partial charge on any atom is -0.493 e. The molecular weight excluding hydrogens is 464 g/mol. The average molecular weight is 499 g/mol. The van der Waals surface area contributed by atoms with E-state index in [2.05, 4.69) is 44.2 Å². The van der Waals surface area contributed by atoms with E-state index in [1.165, 1.54) is 12.5 Å². The third-order valence-corrected chi connectivity index (χ3v) is 6.76. The Morgan fingerprint density at radius 2 is 1.97 bits per heavy atom. The second-order valence-corrected chi connectivity index (χ2v) is 10.6. The summed E-state index contributed by atoms with van der Waals surface area (Å²) in [5.41, 5.74) is 7.64. The summed E-state index contributed by atoms with van der Waals surface area (Å²) in [6.45, 7) is 12.4. The van der Waals surface area contributed by atoms with Gasteiger partial charge in [-0.05, 0) is 86.7 Å². The van der Waals surface area contributed by atoms with Crippen molar-refractivity contribution in [2.45, 2.75) is 66.1 Å². The van der Waals surface area contributed by atoms with E-state index in [9.17, 15) is 4.79 Å². The van der Waals surface area contributed by atoms with E-state index in [0.717, 1.165) is 68.3 Å². The van der Waals surface area contributed by atoms with E-state index in [-0.39, 0.29) is 12.6 Å². The molecule has 0 saturated carbocycles. The number of benzene rings is 2. The molecule has 1 aliphatic rings. The molecule has 0 radical (unpaired) electrons. The minimum absolute atomic E-state index is 0.115. The molecule has 5 rings (SSSR count). The number of carbonyl (C=O) groups is 1. The summed E-state index contributed by atoms with van der Waals surface area (Å²) in [4.78, 5) is 21.7. The number of carbonyl (C=O) groups excluding carboxylic acids is 1. The number of pyridine rings is 2. The van der Waals surface area contributed by atoms with Crippen LogP contribution < -0.4 is 4.74 Å². The number of hydrogen-bond donors (Lipinski definition) is 0. The van der Waals surface area contributed by atoms with Gasteiger partial charge >= 0.3 is 5.97 Å². The number of aromatic nitrogens is 2. The quantitative estimate of drug-likeness (QED) is 0.276. The molecule has 1 atom stereocenters. The summed E-state index contributed by atoms with van der Waals surface area (Å²) in [6, 6.07) is 12.5. The van der Waals surface area contributed by atoms with E-state index >= 15 is 0 Å². The van der Waals surface area contributed by atoms with Crippen LogP contribution in [0.3, 0.4) is 0 Å². The highest BCUT2D eigenvalue weighted by Gasteiger charge is 2.29. The first-order valence-corrected chi connectivity index (χ1v) is 12.9. The molecule has 0 bridgehead atoms. The summed E-state index contributed by atoms with van der Waals surface area (Å²) < 4.78 is 18.1. The van der Waals surface area contributed by atoms with Crippen LogP contribution in [0, 0.1) is 6.92 Å². The maximum atomic E-state index is 11.8. The van der Waals surface area contributed by atoms with Crippen LogP contribution >= 0.6 is 0 Å². The monoisotopic (exact) mass is 498 g/mol. The van der Waals surface area contributed by atoms with Crippen molar-refractivity contribution < 1.29 is 19.0 Å². The van der Waals surface area contributed by atoms with Crippen LogP contribution in [0.2, 0.25) is 0 Å². The Morgan fingerprint density at radius 1 is 1.16 bits per heavy atom. The zero-order chi connectivity index (χ0) is 26.3. The molecule has 0 aliphatic carbocycles. The zero-order valence-corrected chi connectivity index (χ0v) is 22.5. The predicted octanol–water partition coefficient (Wildman–Crippen LogP) is 6.68. The second kappa shape index (κ2) is 9.75. The van der Waals surface area contributed by atoms with Crippen LogP contribution in [0.25, 0.3) is 32.9 Å². The molecule has 6 nitrogen and oxygen atoms in total. The van der Waals surface area contributed by atoms with Gasteiger partial charge in [-0.25, -0.2) is 0 Å². The molecule has 2 aromatic heterocycles. The van der Waals surface area contributed by atoms with Gasteiger partial charge in [-0.2, -0.15) is 0 Å². The summed E-state index contributed by atoms with van der Waals surface area (Å²) in [7, 11) is 0. The molecule has 3 heterocycles. The van der Waals surface area contributed by atoms with Crippen molar-refractivity contribution in [1.82, 2.24) is 9.97 Å². The molecule has 192 valence electrons. The van der Waals surface area contributed by atoms with Crippen molar-refractivity contribution in [2.75, 3.05) is 13.2 Å². The van der Waals surface area contributed by atoms with Gasteiger partial charge in [0.2, 0.25) is 0 Å². The SMILES string of the molecule is CCc1ccc2c(-c3ccc4c5c(ccnc35)CCO4)c(C(COC(C)=O)OC(C)(C)C)c(C)cc2n1. The highest BCUT2D eigenvalue weighted by molar-refractivity contribution is 6.07. The van der Waals surface area contributed by atoms with Gasteiger partial charge in [0, 0.05) is 41.6 Å². The van der Waals surface area contributed by atoms with Crippen molar-refractivity contribution in [3.8, 4) is 16.9 Å². The molecule has 0 amide bonds. The fraction of sp³-hybridized carbons (Fsp3) is 0.387. The van der Waals surface area contributed by atoms with Gasteiger partial charge < -0.3 is 14.2 Å². The highest BCUT2D eigenvalue weighted by Crippen LogP contribution is 2.44. The smallest absolute Gasteiger partial charge is 0.302 e. The lowest BCUT2D eigenvalue weighted by atomic mass is 9.86. The number of rotatable bonds is 6. The average Bonchev–Trinajstić information content (AvgIpc) is 2.85. The number of esters is 1. The highest BCUT2D eigenvalue weighted by atomic mass is 16.6. The van der Waals surface area contributed by atoms with Crippen LogP contribution in [-0.4, -0.2) is 34.8 Å². The Bertz CT molecular complexity index is 1490. The van der Waals surface area contributed by atoms with Crippen molar-refractivity contribution in [2.24, 2.45) is 0 Å². The third-order valence-electron chi connectivity index (χ3n) is 6.76. The number of fused-ring (bicyclic) bond motifs is 1. The van der Waals surface area contributed by atoms with Crippen molar-refractivity contribution in [3.63, 3.8) is 0 Å². The first-order chi connectivity index (χ1) is 17.7. The number of aryl methyl sites for hydroxylation is 2. The number of hydrogen-bond acceptors (Lipinski definition) is 6. The lowest BCUT2D eigenvalue weighted by Crippen LogP contribution is -2.27. The van der Waals surface area contributed by atoms with Crippen LogP contribution in [0.15, 0.2) is 42.6 Å². The molecule has 0 N–H and O–H groups in total. The topological polar surface area (TPSA) is 70.5 Å². The van der Waals surface area contributed by atoms with Crippen molar-refractivity contribution in [1.29, 1.82) is 0 Å². The molecule has 0 fully saturated rings. The van der Waals surface area contributed by atoms with Gasteiger partial charge in [0.05, 0.1) is 23.2 Å². The van der Waals surface area contributed by atoms with Gasteiger partial charge in [-0.15, -0.1) is 0 Å². The molecule has 2 aromatic carbocycles. The minimum atomic E-state index is -0.476. The molecule has 6 heteroatoms. The molecule has 37 heavy (non-hydrogen) atoms. The fourth-order valence-corrected chi connectivity index (χ4v) is 5.27. The van der Waals surface area contributed by atoms with E-state index in [1.54, 1.807) is 0 Å². The van der Waals surface area contributed by atoms with Crippen molar-refractivity contribution in [3.05, 3.63) is 65.0 Å². The van der Waals surface area contributed by atoms with Gasteiger partial charge in [0.1, 0.15) is 18.5 Å². The molecule has 1 aliphatic heterocycles. The maximum Gasteiger partial charge on any atom is 0.302 e. The Morgan fingerprint density at radius 3 is 2.70 bits per heavy atom. The van der Waals surface area contributed by atoms with Crippen LogP contribution in [-0.2, 0) is 27.1 Å². The number of ether oxygens (including phenoxy) is 3. The predicted molar refractivity (Wildman–Crippen MR) is 146 cm³/mol. The van der Waals surface area contributed by atoms with Crippen LogP contribution in [0.5, 0.6) is 5.75 Å². The van der Waals surface area contributed by atoms with Gasteiger partial charge in [-0.3, -0.25) is 14.8 Å². The summed E-state index contributed by atoms with van der Waals surface area (Å²) in [6.07, 6.45) is 3.11. The molecule has 0 spiro atoms. The summed E-state index contributed by atoms with van der Waals surface area (Å²) in [5.74, 6) is 0.526. The first-order valence-electron chi connectivity index (χ1n) is 12.9. The van der Waals surface area contributed by atoms with Gasteiger partial charge in [-0.1, -0.05) is 13.0 Å². The maximum absolute atomic E-state index is 11.8. The van der Waals surface area contributed by atoms with E-state index in [4.69, 9.17) is 24.2 Å². The lowest BCUT2D eigenvalue weighted by molar-refractivity contribution is -0.150. The number of nitrogens with zero attached hydrogens (tertiary/aromatic N) is 2. The summed E-state index contributed by atoms with van der Waals surface area (Å²) in [5, 5.41) is 2.07. The summed E-state index contributed by atoms with van der Waals surface area (Å²) >= 11 is 0. The lowest BCUT2D eigenvalue weighted by Gasteiger charge is -2.31. The fourth-order valence-electron chi connectivity index (χ4n) is 5.27.